The Morgan fingerprint density at radius 2 is 1.65 bits per heavy atom. The van der Waals surface area contributed by atoms with Gasteiger partial charge in [0.25, 0.3) is 0 Å². The second-order valence-corrected chi connectivity index (χ2v) is 4.71. The summed E-state index contributed by atoms with van der Waals surface area (Å²) in [6.07, 6.45) is 1.23. The third-order valence-corrected chi connectivity index (χ3v) is 3.23. The zero-order valence-electron chi connectivity index (χ0n) is 10.9. The Hall–Kier alpha value is 0.130. The van der Waals surface area contributed by atoms with E-state index in [4.69, 9.17) is 21.1 Å². The maximum absolute atomic E-state index is 5.77. The summed E-state index contributed by atoms with van der Waals surface area (Å²) in [6.45, 7) is 8.83. The van der Waals surface area contributed by atoms with E-state index < -0.39 is 0 Å². The number of methoxy groups -OCH3 is 1. The zero-order chi connectivity index (χ0) is 12.3. The third kappa shape index (κ3) is 7.21. The Morgan fingerprint density at radius 1 is 0.941 bits per heavy atom. The predicted octanol–water partition coefficient (Wildman–Crippen LogP) is 0.896. The van der Waals surface area contributed by atoms with Crippen LogP contribution in [0.2, 0.25) is 0 Å². The second-order valence-electron chi connectivity index (χ2n) is 4.33. The lowest BCUT2D eigenvalue weighted by molar-refractivity contribution is 0.0577. The molecule has 1 saturated heterocycles. The van der Waals surface area contributed by atoms with Crippen molar-refractivity contribution in [2.45, 2.75) is 6.42 Å². The summed E-state index contributed by atoms with van der Waals surface area (Å²) in [4.78, 5) is 4.92. The van der Waals surface area contributed by atoms with Crippen LogP contribution >= 0.6 is 11.6 Å². The molecular formula is C12H25ClN2O2. The van der Waals surface area contributed by atoms with Gasteiger partial charge in [0.2, 0.25) is 0 Å². The molecule has 0 aromatic carbocycles. The molecule has 0 radical (unpaired) electrons. The lowest BCUT2D eigenvalue weighted by Gasteiger charge is -2.21. The molecule has 0 bridgehead atoms. The van der Waals surface area contributed by atoms with Crippen molar-refractivity contribution in [2.24, 2.45) is 0 Å². The molecule has 102 valence electrons. The van der Waals surface area contributed by atoms with E-state index in [9.17, 15) is 0 Å². The van der Waals surface area contributed by atoms with Crippen LogP contribution in [-0.2, 0) is 9.47 Å². The molecule has 5 heteroatoms. The van der Waals surface area contributed by atoms with E-state index in [-0.39, 0.29) is 0 Å². The van der Waals surface area contributed by atoms with Crippen molar-refractivity contribution < 1.29 is 9.47 Å². The predicted molar refractivity (Wildman–Crippen MR) is 70.9 cm³/mol. The number of ether oxygens (including phenoxy) is 2. The highest BCUT2D eigenvalue weighted by atomic mass is 35.5. The molecule has 17 heavy (non-hydrogen) atoms. The van der Waals surface area contributed by atoms with Crippen molar-refractivity contribution in [1.82, 2.24) is 9.80 Å². The van der Waals surface area contributed by atoms with Crippen molar-refractivity contribution in [3.8, 4) is 0 Å². The fraction of sp³-hybridized carbons (Fsp3) is 1.00. The lowest BCUT2D eigenvalue weighted by atomic mass is 10.4. The van der Waals surface area contributed by atoms with Gasteiger partial charge in [0, 0.05) is 39.2 Å². The maximum atomic E-state index is 5.77. The molecule has 0 spiro atoms. The number of halogens is 1. The minimum atomic E-state index is 0.684. The fourth-order valence-electron chi connectivity index (χ4n) is 2.03. The van der Waals surface area contributed by atoms with Gasteiger partial charge in [-0.25, -0.2) is 0 Å². The average Bonchev–Trinajstić information content (AvgIpc) is 2.55. The SMILES string of the molecule is COCCOCCN1CCCN(CCCl)CC1. The van der Waals surface area contributed by atoms with Crippen LogP contribution in [0.25, 0.3) is 0 Å². The second kappa shape index (κ2) is 10.1. The highest BCUT2D eigenvalue weighted by Crippen LogP contribution is 2.02. The van der Waals surface area contributed by atoms with Gasteiger partial charge in [0.15, 0.2) is 0 Å². The van der Waals surface area contributed by atoms with E-state index >= 15 is 0 Å². The van der Waals surface area contributed by atoms with E-state index in [0.29, 0.717) is 13.2 Å². The van der Waals surface area contributed by atoms with Gasteiger partial charge in [-0.05, 0) is 19.5 Å². The van der Waals surface area contributed by atoms with Crippen molar-refractivity contribution >= 4 is 11.6 Å². The molecule has 1 aliphatic heterocycles. The molecule has 0 atom stereocenters. The van der Waals surface area contributed by atoms with Crippen LogP contribution in [0, 0.1) is 0 Å². The smallest absolute Gasteiger partial charge is 0.0700 e. The summed E-state index contributed by atoms with van der Waals surface area (Å²) in [7, 11) is 1.70. The van der Waals surface area contributed by atoms with Crippen molar-refractivity contribution in [2.75, 3.05) is 72.1 Å². The monoisotopic (exact) mass is 264 g/mol. The van der Waals surface area contributed by atoms with Gasteiger partial charge >= 0.3 is 0 Å². The summed E-state index contributed by atoms with van der Waals surface area (Å²) in [5.74, 6) is 0.736. The highest BCUT2D eigenvalue weighted by molar-refractivity contribution is 6.18. The molecule has 0 aromatic heterocycles. The number of alkyl halides is 1. The Morgan fingerprint density at radius 3 is 2.29 bits per heavy atom. The Balaban J connectivity index is 2.05. The molecule has 0 saturated carbocycles. The quantitative estimate of drug-likeness (QED) is 0.480. The molecular weight excluding hydrogens is 240 g/mol. The van der Waals surface area contributed by atoms with E-state index in [0.717, 1.165) is 38.7 Å². The van der Waals surface area contributed by atoms with Gasteiger partial charge in [-0.3, -0.25) is 4.90 Å². The zero-order valence-corrected chi connectivity index (χ0v) is 11.6. The van der Waals surface area contributed by atoms with Gasteiger partial charge in [0.1, 0.15) is 0 Å². The minimum absolute atomic E-state index is 0.684. The molecule has 1 rings (SSSR count). The lowest BCUT2D eigenvalue weighted by Crippen LogP contribution is -2.33. The van der Waals surface area contributed by atoms with Gasteiger partial charge in [-0.2, -0.15) is 0 Å². The van der Waals surface area contributed by atoms with Crippen LogP contribution in [0.3, 0.4) is 0 Å². The topological polar surface area (TPSA) is 24.9 Å². The number of hydrogen-bond acceptors (Lipinski definition) is 4. The van der Waals surface area contributed by atoms with Crippen molar-refractivity contribution in [1.29, 1.82) is 0 Å². The van der Waals surface area contributed by atoms with Crippen LogP contribution in [0.15, 0.2) is 0 Å². The summed E-state index contributed by atoms with van der Waals surface area (Å²) in [6, 6.07) is 0. The molecule has 0 aromatic rings. The van der Waals surface area contributed by atoms with Gasteiger partial charge in [0.05, 0.1) is 19.8 Å². The summed E-state index contributed by atoms with van der Waals surface area (Å²) in [5, 5.41) is 0. The van der Waals surface area contributed by atoms with E-state index in [1.54, 1.807) is 7.11 Å². The molecule has 4 nitrogen and oxygen atoms in total. The third-order valence-electron chi connectivity index (χ3n) is 3.07. The standard InChI is InChI=1S/C12H25ClN2O2/c1-16-11-12-17-10-9-15-5-2-4-14(6-3-13)7-8-15/h2-12H2,1H3. The Bertz CT molecular complexity index is 184. The molecule has 0 N–H and O–H groups in total. The van der Waals surface area contributed by atoms with E-state index in [2.05, 4.69) is 9.80 Å². The first-order chi connectivity index (χ1) is 8.36. The van der Waals surface area contributed by atoms with Gasteiger partial charge in [-0.1, -0.05) is 0 Å². The summed E-state index contributed by atoms with van der Waals surface area (Å²) < 4.78 is 10.4. The molecule has 1 fully saturated rings. The van der Waals surface area contributed by atoms with E-state index in [1.165, 1.54) is 19.5 Å². The fourth-order valence-corrected chi connectivity index (χ4v) is 2.27. The molecule has 1 aliphatic rings. The van der Waals surface area contributed by atoms with Crippen LogP contribution in [0.5, 0.6) is 0 Å². The number of hydrogen-bond donors (Lipinski definition) is 0. The first-order valence-electron chi connectivity index (χ1n) is 6.44. The Kier molecular flexibility index (Phi) is 9.01. The first kappa shape index (κ1) is 15.2. The molecule has 0 aliphatic carbocycles. The number of rotatable bonds is 8. The van der Waals surface area contributed by atoms with Gasteiger partial charge in [-0.15, -0.1) is 11.6 Å². The highest BCUT2D eigenvalue weighted by Gasteiger charge is 2.13. The molecule has 1 heterocycles. The molecule has 0 unspecified atom stereocenters. The summed E-state index contributed by atoms with van der Waals surface area (Å²) in [5.41, 5.74) is 0. The first-order valence-corrected chi connectivity index (χ1v) is 6.97. The Labute approximate surface area is 110 Å². The van der Waals surface area contributed by atoms with Crippen LogP contribution in [0.4, 0.5) is 0 Å². The van der Waals surface area contributed by atoms with Crippen LogP contribution in [-0.4, -0.2) is 81.9 Å². The number of nitrogens with zero attached hydrogens (tertiary/aromatic N) is 2. The van der Waals surface area contributed by atoms with Crippen molar-refractivity contribution in [3.63, 3.8) is 0 Å². The summed E-state index contributed by atoms with van der Waals surface area (Å²) >= 11 is 5.77. The largest absolute Gasteiger partial charge is 0.382 e. The van der Waals surface area contributed by atoms with Gasteiger partial charge < -0.3 is 14.4 Å². The van der Waals surface area contributed by atoms with Crippen molar-refractivity contribution in [3.05, 3.63) is 0 Å². The minimum Gasteiger partial charge on any atom is -0.382 e. The van der Waals surface area contributed by atoms with E-state index in [1.807, 2.05) is 0 Å². The molecule has 0 amide bonds. The van der Waals surface area contributed by atoms with Crippen LogP contribution < -0.4 is 0 Å². The van der Waals surface area contributed by atoms with Crippen LogP contribution in [0.1, 0.15) is 6.42 Å². The maximum Gasteiger partial charge on any atom is 0.0700 e. The normalized spacial score (nSPS) is 19.4. The average molecular weight is 265 g/mol.